The van der Waals surface area contributed by atoms with Crippen molar-refractivity contribution in [1.29, 1.82) is 0 Å². The van der Waals surface area contributed by atoms with Gasteiger partial charge >= 0.3 is 0 Å². The van der Waals surface area contributed by atoms with Crippen LogP contribution in [0.4, 0.5) is 5.69 Å². The predicted octanol–water partition coefficient (Wildman–Crippen LogP) is 4.25. The number of nitrogen functional groups attached to an aromatic ring is 1. The maximum absolute atomic E-state index is 5.95. The third kappa shape index (κ3) is 2.30. The quantitative estimate of drug-likeness (QED) is 0.831. The molecule has 5 rings (SSSR count). The van der Waals surface area contributed by atoms with Crippen LogP contribution in [0.5, 0.6) is 5.75 Å². The minimum Gasteiger partial charge on any atom is -0.493 e. The first-order valence-corrected chi connectivity index (χ1v) is 8.19. The Morgan fingerprint density at radius 2 is 1.70 bits per heavy atom. The summed E-state index contributed by atoms with van der Waals surface area (Å²) in [6, 6.07) is 7.82. The van der Waals surface area contributed by atoms with Gasteiger partial charge in [-0.15, -0.1) is 0 Å². The number of anilines is 1. The van der Waals surface area contributed by atoms with Gasteiger partial charge in [0.05, 0.1) is 6.61 Å². The summed E-state index contributed by atoms with van der Waals surface area (Å²) in [6.45, 7) is 0.857. The lowest BCUT2D eigenvalue weighted by atomic mass is 9.49. The van der Waals surface area contributed by atoms with Gasteiger partial charge in [0.2, 0.25) is 0 Å². The number of hydrogen-bond donors (Lipinski definition) is 1. The fourth-order valence-corrected chi connectivity index (χ4v) is 5.59. The second-order valence-electron chi connectivity index (χ2n) is 7.59. The van der Waals surface area contributed by atoms with Crippen LogP contribution in [-0.4, -0.2) is 6.61 Å². The van der Waals surface area contributed by atoms with Crippen molar-refractivity contribution < 1.29 is 4.74 Å². The van der Waals surface area contributed by atoms with Crippen molar-refractivity contribution in [2.75, 3.05) is 12.3 Å². The van der Waals surface area contributed by atoms with Crippen molar-refractivity contribution in [3.05, 3.63) is 24.3 Å². The first-order chi connectivity index (χ1) is 9.71. The maximum atomic E-state index is 5.95. The van der Waals surface area contributed by atoms with Gasteiger partial charge < -0.3 is 10.5 Å². The molecule has 4 saturated carbocycles. The molecule has 4 aliphatic rings. The topological polar surface area (TPSA) is 35.2 Å². The van der Waals surface area contributed by atoms with Crippen LogP contribution in [0, 0.1) is 23.2 Å². The Bertz CT molecular complexity index is 461. The molecule has 0 aliphatic heterocycles. The molecule has 2 heteroatoms. The molecule has 2 nitrogen and oxygen atoms in total. The highest BCUT2D eigenvalue weighted by molar-refractivity contribution is 5.43. The molecule has 0 atom stereocenters. The van der Waals surface area contributed by atoms with Crippen LogP contribution >= 0.6 is 0 Å². The molecule has 4 fully saturated rings. The third-order valence-corrected chi connectivity index (χ3v) is 5.92. The van der Waals surface area contributed by atoms with E-state index in [0.717, 1.165) is 35.8 Å². The van der Waals surface area contributed by atoms with E-state index in [-0.39, 0.29) is 0 Å². The molecule has 4 aliphatic carbocycles. The number of ether oxygens (including phenoxy) is 1. The predicted molar refractivity (Wildman–Crippen MR) is 81.6 cm³/mol. The molecule has 0 amide bonds. The lowest BCUT2D eigenvalue weighted by Crippen LogP contribution is -2.46. The minimum atomic E-state index is 0.620. The molecule has 0 aromatic heterocycles. The van der Waals surface area contributed by atoms with Crippen molar-refractivity contribution in [2.45, 2.75) is 44.9 Å². The first kappa shape index (κ1) is 12.6. The van der Waals surface area contributed by atoms with E-state index in [1.165, 1.54) is 44.9 Å². The van der Waals surface area contributed by atoms with Crippen LogP contribution < -0.4 is 10.5 Å². The Kier molecular flexibility index (Phi) is 2.94. The van der Waals surface area contributed by atoms with Crippen LogP contribution in [0.15, 0.2) is 24.3 Å². The second kappa shape index (κ2) is 4.68. The molecule has 4 bridgehead atoms. The molecular formula is C18H25NO. The van der Waals surface area contributed by atoms with Crippen molar-refractivity contribution in [3.8, 4) is 5.75 Å². The Labute approximate surface area is 121 Å². The molecule has 20 heavy (non-hydrogen) atoms. The van der Waals surface area contributed by atoms with E-state index in [2.05, 4.69) is 0 Å². The molecule has 0 heterocycles. The van der Waals surface area contributed by atoms with E-state index in [1.54, 1.807) is 0 Å². The average molecular weight is 271 g/mol. The van der Waals surface area contributed by atoms with Crippen molar-refractivity contribution in [2.24, 2.45) is 23.2 Å². The largest absolute Gasteiger partial charge is 0.493 e. The Balaban J connectivity index is 1.37. The van der Waals surface area contributed by atoms with Gasteiger partial charge in [-0.1, -0.05) is 6.07 Å². The lowest BCUT2D eigenvalue weighted by Gasteiger charge is -2.57. The van der Waals surface area contributed by atoms with E-state index in [1.807, 2.05) is 24.3 Å². The maximum Gasteiger partial charge on any atom is 0.121 e. The van der Waals surface area contributed by atoms with Crippen LogP contribution in [-0.2, 0) is 0 Å². The van der Waals surface area contributed by atoms with Crippen LogP contribution in [0.3, 0.4) is 0 Å². The zero-order valence-electron chi connectivity index (χ0n) is 12.2. The van der Waals surface area contributed by atoms with Gasteiger partial charge in [0.1, 0.15) is 5.75 Å². The van der Waals surface area contributed by atoms with Gasteiger partial charge in [-0.05, 0) is 80.2 Å². The summed E-state index contributed by atoms with van der Waals surface area (Å²) in [5, 5.41) is 0. The van der Waals surface area contributed by atoms with E-state index < -0.39 is 0 Å². The normalized spacial score (nSPS) is 38.1. The fraction of sp³-hybridized carbons (Fsp3) is 0.667. The summed E-state index contributed by atoms with van der Waals surface area (Å²) in [5.74, 6) is 4.03. The van der Waals surface area contributed by atoms with E-state index in [0.29, 0.717) is 5.41 Å². The van der Waals surface area contributed by atoms with E-state index in [9.17, 15) is 0 Å². The van der Waals surface area contributed by atoms with E-state index in [4.69, 9.17) is 10.5 Å². The molecule has 0 radical (unpaired) electrons. The standard InChI is InChI=1S/C18H25NO/c19-16-2-1-3-17(9-16)20-5-4-18-10-13-6-14(11-18)8-15(7-13)12-18/h1-3,9,13-15H,4-8,10-12,19H2. The Hall–Kier alpha value is -1.18. The van der Waals surface area contributed by atoms with Gasteiger partial charge in [-0.3, -0.25) is 0 Å². The fourth-order valence-electron chi connectivity index (χ4n) is 5.59. The molecular weight excluding hydrogens is 246 g/mol. The Morgan fingerprint density at radius 3 is 2.30 bits per heavy atom. The summed E-state index contributed by atoms with van der Waals surface area (Å²) in [7, 11) is 0. The van der Waals surface area contributed by atoms with Gasteiger partial charge in [0.25, 0.3) is 0 Å². The number of nitrogens with two attached hydrogens (primary N) is 1. The van der Waals surface area contributed by atoms with Crippen LogP contribution in [0.25, 0.3) is 0 Å². The average Bonchev–Trinajstić information content (AvgIpc) is 2.36. The van der Waals surface area contributed by atoms with Gasteiger partial charge in [-0.25, -0.2) is 0 Å². The summed E-state index contributed by atoms with van der Waals surface area (Å²) in [5.41, 5.74) is 7.21. The number of benzene rings is 1. The summed E-state index contributed by atoms with van der Waals surface area (Å²) in [6.07, 6.45) is 10.2. The summed E-state index contributed by atoms with van der Waals surface area (Å²) >= 11 is 0. The summed E-state index contributed by atoms with van der Waals surface area (Å²) < 4.78 is 5.95. The zero-order chi connectivity index (χ0) is 13.6. The van der Waals surface area contributed by atoms with Gasteiger partial charge in [0.15, 0.2) is 0 Å². The first-order valence-electron chi connectivity index (χ1n) is 8.19. The third-order valence-electron chi connectivity index (χ3n) is 5.92. The van der Waals surface area contributed by atoms with Gasteiger partial charge in [-0.2, -0.15) is 0 Å². The Morgan fingerprint density at radius 1 is 1.05 bits per heavy atom. The molecule has 108 valence electrons. The number of hydrogen-bond acceptors (Lipinski definition) is 2. The van der Waals surface area contributed by atoms with Crippen molar-refractivity contribution in [1.82, 2.24) is 0 Å². The highest BCUT2D eigenvalue weighted by Gasteiger charge is 2.50. The molecule has 1 aromatic rings. The minimum absolute atomic E-state index is 0.620. The smallest absolute Gasteiger partial charge is 0.121 e. The highest BCUT2D eigenvalue weighted by Crippen LogP contribution is 2.61. The van der Waals surface area contributed by atoms with E-state index >= 15 is 0 Å². The molecule has 1 aromatic carbocycles. The van der Waals surface area contributed by atoms with Crippen molar-refractivity contribution >= 4 is 5.69 Å². The number of rotatable bonds is 4. The highest BCUT2D eigenvalue weighted by atomic mass is 16.5. The monoisotopic (exact) mass is 271 g/mol. The molecule has 0 unspecified atom stereocenters. The van der Waals surface area contributed by atoms with Crippen LogP contribution in [0.1, 0.15) is 44.9 Å². The lowest BCUT2D eigenvalue weighted by molar-refractivity contribution is -0.0622. The second-order valence-corrected chi connectivity index (χ2v) is 7.59. The zero-order valence-corrected chi connectivity index (χ0v) is 12.2. The molecule has 2 N–H and O–H groups in total. The van der Waals surface area contributed by atoms with Gasteiger partial charge in [0, 0.05) is 11.8 Å². The summed E-state index contributed by atoms with van der Waals surface area (Å²) in [4.78, 5) is 0. The molecule has 0 spiro atoms. The van der Waals surface area contributed by atoms with Crippen LogP contribution in [0.2, 0.25) is 0 Å². The van der Waals surface area contributed by atoms with Crippen molar-refractivity contribution in [3.63, 3.8) is 0 Å². The molecule has 0 saturated heterocycles. The SMILES string of the molecule is Nc1cccc(OCCC23CC4CC(CC(C4)C2)C3)c1.